The Morgan fingerprint density at radius 3 is 2.47 bits per heavy atom. The summed E-state index contributed by atoms with van der Waals surface area (Å²) < 4.78 is 0. The predicted octanol–water partition coefficient (Wildman–Crippen LogP) is 2.45. The molecule has 1 aliphatic rings. The minimum absolute atomic E-state index is 0.0806. The second kappa shape index (κ2) is 3.57. The number of hydrogen-bond acceptors (Lipinski definition) is 2. The summed E-state index contributed by atoms with van der Waals surface area (Å²) in [6.45, 7) is 6.15. The molecule has 1 aromatic carbocycles. The maximum absolute atomic E-state index is 11.5. The average Bonchev–Trinajstić information content (AvgIpc) is 2.24. The van der Waals surface area contributed by atoms with Gasteiger partial charge >= 0.3 is 0 Å². The van der Waals surface area contributed by atoms with Crippen LogP contribution in [-0.2, 0) is 4.79 Å². The molecule has 1 heterocycles. The molecule has 3 heteroatoms. The van der Waals surface area contributed by atoms with Crippen LogP contribution < -0.4 is 10.6 Å². The summed E-state index contributed by atoms with van der Waals surface area (Å²) in [6, 6.07) is 4.30. The van der Waals surface area contributed by atoms with E-state index in [1.54, 1.807) is 0 Å². The van der Waals surface area contributed by atoms with Gasteiger partial charge in [0.05, 0.1) is 11.4 Å². The van der Waals surface area contributed by atoms with Crippen LogP contribution in [0.25, 0.3) is 0 Å². The topological polar surface area (TPSA) is 41.1 Å². The lowest BCUT2D eigenvalue weighted by Crippen LogP contribution is -2.18. The SMILES string of the molecule is Cc1cc2c(cc1C)N[C@H](C)CC(=O)N2. The zero-order valence-electron chi connectivity index (χ0n) is 9.35. The molecule has 2 N–H and O–H groups in total. The van der Waals surface area contributed by atoms with E-state index in [0.29, 0.717) is 6.42 Å². The number of anilines is 2. The van der Waals surface area contributed by atoms with Crippen molar-refractivity contribution in [1.82, 2.24) is 0 Å². The largest absolute Gasteiger partial charge is 0.380 e. The number of carbonyl (C=O) groups excluding carboxylic acids is 1. The van der Waals surface area contributed by atoms with E-state index in [1.165, 1.54) is 11.1 Å². The zero-order valence-corrected chi connectivity index (χ0v) is 9.35. The quantitative estimate of drug-likeness (QED) is 0.681. The van der Waals surface area contributed by atoms with E-state index in [9.17, 15) is 4.79 Å². The third-order valence-electron chi connectivity index (χ3n) is 2.80. The number of rotatable bonds is 0. The lowest BCUT2D eigenvalue weighted by atomic mass is 10.1. The molecule has 0 saturated heterocycles. The number of nitrogens with one attached hydrogen (secondary N) is 2. The smallest absolute Gasteiger partial charge is 0.226 e. The molecule has 1 aromatic rings. The maximum Gasteiger partial charge on any atom is 0.226 e. The highest BCUT2D eigenvalue weighted by molar-refractivity contribution is 5.96. The summed E-state index contributed by atoms with van der Waals surface area (Å²) in [5, 5.41) is 6.26. The Morgan fingerprint density at radius 2 is 1.80 bits per heavy atom. The van der Waals surface area contributed by atoms with Gasteiger partial charge in [0.2, 0.25) is 5.91 Å². The molecule has 0 saturated carbocycles. The Bertz CT molecular complexity index is 412. The van der Waals surface area contributed by atoms with Gasteiger partial charge in [-0.3, -0.25) is 4.79 Å². The molecule has 0 radical (unpaired) electrons. The molecule has 0 bridgehead atoms. The van der Waals surface area contributed by atoms with Crippen LogP contribution in [0.1, 0.15) is 24.5 Å². The first-order chi connectivity index (χ1) is 7.06. The van der Waals surface area contributed by atoms with Gasteiger partial charge < -0.3 is 10.6 Å². The summed E-state index contributed by atoms with van der Waals surface area (Å²) in [5.74, 6) is 0.0806. The second-order valence-corrected chi connectivity index (χ2v) is 4.28. The van der Waals surface area contributed by atoms with E-state index >= 15 is 0 Å². The van der Waals surface area contributed by atoms with Crippen molar-refractivity contribution in [1.29, 1.82) is 0 Å². The molecule has 0 unspecified atom stereocenters. The molecule has 0 aliphatic carbocycles. The number of fused-ring (bicyclic) bond motifs is 1. The van der Waals surface area contributed by atoms with Crippen molar-refractivity contribution in [2.24, 2.45) is 0 Å². The lowest BCUT2D eigenvalue weighted by molar-refractivity contribution is -0.116. The van der Waals surface area contributed by atoms with Gasteiger partial charge in [0.15, 0.2) is 0 Å². The Labute approximate surface area is 89.9 Å². The summed E-state index contributed by atoms with van der Waals surface area (Å²) in [4.78, 5) is 11.5. The van der Waals surface area contributed by atoms with Crippen LogP contribution in [-0.4, -0.2) is 11.9 Å². The number of carbonyl (C=O) groups is 1. The van der Waals surface area contributed by atoms with Crippen LogP contribution >= 0.6 is 0 Å². The van der Waals surface area contributed by atoms with Crippen LogP contribution in [0.15, 0.2) is 12.1 Å². The highest BCUT2D eigenvalue weighted by Gasteiger charge is 2.17. The molecule has 3 nitrogen and oxygen atoms in total. The van der Waals surface area contributed by atoms with Gasteiger partial charge in [0, 0.05) is 12.5 Å². The third-order valence-corrected chi connectivity index (χ3v) is 2.80. The van der Waals surface area contributed by atoms with E-state index in [2.05, 4.69) is 30.5 Å². The van der Waals surface area contributed by atoms with Crippen molar-refractivity contribution in [3.63, 3.8) is 0 Å². The number of aryl methyl sites for hydroxylation is 2. The highest BCUT2D eigenvalue weighted by atomic mass is 16.1. The van der Waals surface area contributed by atoms with Crippen molar-refractivity contribution in [3.8, 4) is 0 Å². The minimum Gasteiger partial charge on any atom is -0.380 e. The average molecular weight is 204 g/mol. The molecule has 80 valence electrons. The number of benzene rings is 1. The summed E-state index contributed by atoms with van der Waals surface area (Å²) in [6.07, 6.45) is 0.521. The second-order valence-electron chi connectivity index (χ2n) is 4.28. The van der Waals surface area contributed by atoms with Gasteiger partial charge in [-0.2, -0.15) is 0 Å². The fraction of sp³-hybridized carbons (Fsp3) is 0.417. The molecular formula is C12H16N2O. The van der Waals surface area contributed by atoms with Gasteiger partial charge in [-0.1, -0.05) is 0 Å². The van der Waals surface area contributed by atoms with Crippen molar-refractivity contribution in [2.75, 3.05) is 10.6 Å². The summed E-state index contributed by atoms with van der Waals surface area (Å²) in [5.41, 5.74) is 4.36. The molecule has 0 aromatic heterocycles. The van der Waals surface area contributed by atoms with Crippen molar-refractivity contribution < 1.29 is 4.79 Å². The van der Waals surface area contributed by atoms with E-state index in [1.807, 2.05) is 13.0 Å². The maximum atomic E-state index is 11.5. The van der Waals surface area contributed by atoms with E-state index in [0.717, 1.165) is 11.4 Å². The van der Waals surface area contributed by atoms with Gasteiger partial charge in [-0.05, 0) is 44.0 Å². The standard InChI is InChI=1S/C12H16N2O/c1-7-4-10-11(5-8(7)2)14-12(15)6-9(3)13-10/h4-5,9,13H,6H2,1-3H3,(H,14,15)/t9-/m1/s1. The van der Waals surface area contributed by atoms with Crippen LogP contribution in [0, 0.1) is 13.8 Å². The lowest BCUT2D eigenvalue weighted by Gasteiger charge is -2.13. The van der Waals surface area contributed by atoms with Crippen LogP contribution in [0.2, 0.25) is 0 Å². The Morgan fingerprint density at radius 1 is 1.20 bits per heavy atom. The molecular weight excluding hydrogens is 188 g/mol. The Hall–Kier alpha value is -1.51. The Kier molecular flexibility index (Phi) is 2.39. The molecule has 1 amide bonds. The molecule has 0 fully saturated rings. The first kappa shape index (κ1) is 10.0. The van der Waals surface area contributed by atoms with E-state index < -0.39 is 0 Å². The van der Waals surface area contributed by atoms with Gasteiger partial charge in [0.1, 0.15) is 0 Å². The molecule has 1 atom stereocenters. The minimum atomic E-state index is 0.0806. The first-order valence-corrected chi connectivity index (χ1v) is 5.24. The molecule has 0 spiro atoms. The van der Waals surface area contributed by atoms with E-state index in [4.69, 9.17) is 0 Å². The summed E-state index contributed by atoms with van der Waals surface area (Å²) >= 11 is 0. The van der Waals surface area contributed by atoms with Crippen LogP contribution in [0.5, 0.6) is 0 Å². The van der Waals surface area contributed by atoms with Crippen molar-refractivity contribution in [2.45, 2.75) is 33.2 Å². The molecule has 1 aliphatic heterocycles. The first-order valence-electron chi connectivity index (χ1n) is 5.24. The normalized spacial score (nSPS) is 19.9. The van der Waals surface area contributed by atoms with Crippen molar-refractivity contribution in [3.05, 3.63) is 23.3 Å². The van der Waals surface area contributed by atoms with Gasteiger partial charge in [0.25, 0.3) is 0 Å². The van der Waals surface area contributed by atoms with Crippen LogP contribution in [0.4, 0.5) is 11.4 Å². The number of hydrogen-bond donors (Lipinski definition) is 2. The zero-order chi connectivity index (χ0) is 11.0. The monoisotopic (exact) mass is 204 g/mol. The van der Waals surface area contributed by atoms with Crippen LogP contribution in [0.3, 0.4) is 0 Å². The third kappa shape index (κ3) is 1.96. The van der Waals surface area contributed by atoms with Gasteiger partial charge in [-0.25, -0.2) is 0 Å². The highest BCUT2D eigenvalue weighted by Crippen LogP contribution is 2.29. The summed E-state index contributed by atoms with van der Waals surface area (Å²) in [7, 11) is 0. The molecule has 2 rings (SSSR count). The fourth-order valence-corrected chi connectivity index (χ4v) is 1.83. The predicted molar refractivity (Wildman–Crippen MR) is 62.2 cm³/mol. The fourth-order valence-electron chi connectivity index (χ4n) is 1.83. The molecule has 15 heavy (non-hydrogen) atoms. The van der Waals surface area contributed by atoms with E-state index in [-0.39, 0.29) is 11.9 Å². The van der Waals surface area contributed by atoms with Crippen molar-refractivity contribution >= 4 is 17.3 Å². The number of amides is 1. The van der Waals surface area contributed by atoms with Gasteiger partial charge in [-0.15, -0.1) is 0 Å². The Balaban J connectivity index is 2.46.